The van der Waals surface area contributed by atoms with Gasteiger partial charge in [-0.1, -0.05) is 6.07 Å². The van der Waals surface area contributed by atoms with Crippen LogP contribution in [0.25, 0.3) is 10.1 Å². The fourth-order valence-electron chi connectivity index (χ4n) is 5.40. The second-order valence-electron chi connectivity index (χ2n) is 11.0. The number of fused-ring (bicyclic) bond motifs is 2. The predicted octanol–water partition coefficient (Wildman–Crippen LogP) is 4.78. The third kappa shape index (κ3) is 5.96. The Morgan fingerprint density at radius 3 is 2.62 bits per heavy atom. The maximum atomic E-state index is 13.1. The van der Waals surface area contributed by atoms with Gasteiger partial charge >= 0.3 is 0 Å². The van der Waals surface area contributed by atoms with Crippen molar-refractivity contribution in [2.45, 2.75) is 40.3 Å². The van der Waals surface area contributed by atoms with Crippen LogP contribution < -0.4 is 20.1 Å². The maximum Gasteiger partial charge on any atom is 0.259 e. The highest BCUT2D eigenvalue weighted by atomic mass is 32.1. The van der Waals surface area contributed by atoms with E-state index in [1.807, 2.05) is 61.1 Å². The monoisotopic (exact) mass is 587 g/mol. The van der Waals surface area contributed by atoms with Gasteiger partial charge in [0, 0.05) is 69.1 Å². The summed E-state index contributed by atoms with van der Waals surface area (Å²) in [5.74, 6) is 0.191. The molecule has 220 valence electrons. The number of ether oxygens (including phenoxy) is 1. The number of pyridine rings is 2. The standard InChI is InChI=1S/C32H37N5O4S/c1-5-37-26-10-9-24(20-27(26)34(4)30(39)32(2,3)31(37)40)41-18-7-14-35(22-23-8-6-13-33-21-23)16-17-36-15-11-28-25(29(36)38)12-19-42-28/h6,8-13,15,19-21H,5,7,14,16-18,22H2,1-4H3. The summed E-state index contributed by atoms with van der Waals surface area (Å²) in [6, 6.07) is 13.4. The fraction of sp³-hybridized carbons (Fsp3) is 0.375. The van der Waals surface area contributed by atoms with Crippen molar-refractivity contribution in [3.63, 3.8) is 0 Å². The summed E-state index contributed by atoms with van der Waals surface area (Å²) >= 11 is 1.58. The van der Waals surface area contributed by atoms with Crippen LogP contribution in [0.5, 0.6) is 5.75 Å². The van der Waals surface area contributed by atoms with Crippen LogP contribution in [0.1, 0.15) is 32.8 Å². The van der Waals surface area contributed by atoms with Gasteiger partial charge < -0.3 is 19.1 Å². The number of carbonyl (C=O) groups is 2. The predicted molar refractivity (Wildman–Crippen MR) is 167 cm³/mol. The molecule has 0 aliphatic carbocycles. The van der Waals surface area contributed by atoms with Crippen LogP contribution in [0, 0.1) is 5.41 Å². The molecule has 4 aromatic rings. The first-order valence-corrected chi connectivity index (χ1v) is 15.1. The van der Waals surface area contributed by atoms with E-state index in [2.05, 4.69) is 16.0 Å². The molecule has 9 nitrogen and oxygen atoms in total. The highest BCUT2D eigenvalue weighted by molar-refractivity contribution is 7.17. The molecule has 42 heavy (non-hydrogen) atoms. The number of rotatable bonds is 11. The van der Waals surface area contributed by atoms with Crippen molar-refractivity contribution in [2.75, 3.05) is 43.1 Å². The smallest absolute Gasteiger partial charge is 0.259 e. The van der Waals surface area contributed by atoms with E-state index < -0.39 is 5.41 Å². The molecule has 0 atom stereocenters. The van der Waals surface area contributed by atoms with E-state index in [4.69, 9.17) is 4.74 Å². The number of amides is 2. The minimum Gasteiger partial charge on any atom is -0.493 e. The zero-order valence-corrected chi connectivity index (χ0v) is 25.4. The summed E-state index contributed by atoms with van der Waals surface area (Å²) in [7, 11) is 1.71. The molecular weight excluding hydrogens is 550 g/mol. The third-order valence-corrected chi connectivity index (χ3v) is 8.68. The SMILES string of the molecule is CCN1C(=O)C(C)(C)C(=O)N(C)c2cc(OCCCN(CCn3ccc4sccc4c3=O)Cc3cccnc3)ccc21. The normalized spacial score (nSPS) is 14.9. The second-order valence-corrected chi connectivity index (χ2v) is 12.0. The molecule has 5 rings (SSSR count). The molecule has 10 heteroatoms. The minimum atomic E-state index is -1.15. The van der Waals surface area contributed by atoms with Gasteiger partial charge in [-0.05, 0) is 68.5 Å². The zero-order chi connectivity index (χ0) is 29.9. The van der Waals surface area contributed by atoms with Gasteiger partial charge in [0.2, 0.25) is 11.8 Å². The van der Waals surface area contributed by atoms with E-state index in [0.29, 0.717) is 49.9 Å². The van der Waals surface area contributed by atoms with Gasteiger partial charge in [0.05, 0.1) is 23.4 Å². The highest BCUT2D eigenvalue weighted by Crippen LogP contribution is 2.40. The topological polar surface area (TPSA) is 88.0 Å². The summed E-state index contributed by atoms with van der Waals surface area (Å²) in [5, 5.41) is 2.71. The van der Waals surface area contributed by atoms with Gasteiger partial charge in [0.25, 0.3) is 5.56 Å². The Morgan fingerprint density at radius 1 is 1.02 bits per heavy atom. The second kappa shape index (κ2) is 12.5. The lowest BCUT2D eigenvalue weighted by atomic mass is 9.90. The molecule has 0 N–H and O–H groups in total. The molecular formula is C32H37N5O4S. The molecule has 0 saturated heterocycles. The Kier molecular flexibility index (Phi) is 8.74. The number of hydrogen-bond donors (Lipinski definition) is 0. The minimum absolute atomic E-state index is 0.0387. The quantitative estimate of drug-likeness (QED) is 0.185. The van der Waals surface area contributed by atoms with Crippen LogP contribution in [-0.4, -0.2) is 59.6 Å². The Balaban J connectivity index is 1.25. The molecule has 1 aliphatic heterocycles. The number of thiophene rings is 1. The van der Waals surface area contributed by atoms with E-state index in [-0.39, 0.29) is 17.4 Å². The number of benzene rings is 1. The Morgan fingerprint density at radius 2 is 1.86 bits per heavy atom. The summed E-state index contributed by atoms with van der Waals surface area (Å²) in [5.41, 5.74) is 1.36. The summed E-state index contributed by atoms with van der Waals surface area (Å²) in [6.45, 7) is 8.96. The van der Waals surface area contributed by atoms with Crippen LogP contribution in [0.15, 0.2) is 71.2 Å². The van der Waals surface area contributed by atoms with E-state index in [0.717, 1.165) is 28.6 Å². The molecule has 0 fully saturated rings. The summed E-state index contributed by atoms with van der Waals surface area (Å²) in [6.07, 6.45) is 6.27. The van der Waals surface area contributed by atoms with Crippen molar-refractivity contribution in [1.82, 2.24) is 14.5 Å². The van der Waals surface area contributed by atoms with Crippen molar-refractivity contribution in [3.05, 3.63) is 82.4 Å². The average molecular weight is 588 g/mol. The number of nitrogens with zero attached hydrogens (tertiary/aromatic N) is 5. The number of aromatic nitrogens is 2. The third-order valence-electron chi connectivity index (χ3n) is 7.80. The van der Waals surface area contributed by atoms with Gasteiger partial charge in [0.1, 0.15) is 11.2 Å². The first-order chi connectivity index (χ1) is 20.2. The van der Waals surface area contributed by atoms with Crippen LogP contribution in [0.2, 0.25) is 0 Å². The number of hydrogen-bond acceptors (Lipinski definition) is 7. The Labute approximate surface area is 249 Å². The summed E-state index contributed by atoms with van der Waals surface area (Å²) in [4.78, 5) is 49.0. The number of carbonyl (C=O) groups excluding carboxylic acids is 2. The van der Waals surface area contributed by atoms with Crippen molar-refractivity contribution < 1.29 is 14.3 Å². The van der Waals surface area contributed by atoms with Gasteiger partial charge in [-0.25, -0.2) is 0 Å². The first kappa shape index (κ1) is 29.5. The molecule has 1 aromatic carbocycles. The van der Waals surface area contributed by atoms with E-state index in [1.54, 1.807) is 52.8 Å². The molecule has 4 heterocycles. The number of anilines is 2. The molecule has 3 aromatic heterocycles. The molecule has 0 radical (unpaired) electrons. The van der Waals surface area contributed by atoms with Crippen molar-refractivity contribution in [1.29, 1.82) is 0 Å². The maximum absolute atomic E-state index is 13.1. The zero-order valence-electron chi connectivity index (χ0n) is 24.6. The van der Waals surface area contributed by atoms with Crippen LogP contribution in [0.3, 0.4) is 0 Å². The largest absolute Gasteiger partial charge is 0.493 e. The molecule has 0 spiro atoms. The van der Waals surface area contributed by atoms with E-state index in [9.17, 15) is 14.4 Å². The van der Waals surface area contributed by atoms with Crippen molar-refractivity contribution in [2.24, 2.45) is 5.41 Å². The van der Waals surface area contributed by atoms with Gasteiger partial charge in [0.15, 0.2) is 0 Å². The van der Waals surface area contributed by atoms with Crippen molar-refractivity contribution >= 4 is 44.6 Å². The lowest BCUT2D eigenvalue weighted by molar-refractivity contribution is -0.137. The lowest BCUT2D eigenvalue weighted by Crippen LogP contribution is -2.47. The lowest BCUT2D eigenvalue weighted by Gasteiger charge is -2.27. The van der Waals surface area contributed by atoms with Gasteiger partial charge in [-0.3, -0.25) is 24.3 Å². The average Bonchev–Trinajstić information content (AvgIpc) is 3.47. The molecule has 0 bridgehead atoms. The van der Waals surface area contributed by atoms with Gasteiger partial charge in [-0.2, -0.15) is 0 Å². The van der Waals surface area contributed by atoms with Gasteiger partial charge in [-0.15, -0.1) is 11.3 Å². The fourth-order valence-corrected chi connectivity index (χ4v) is 6.17. The first-order valence-electron chi connectivity index (χ1n) is 14.3. The van der Waals surface area contributed by atoms with Crippen LogP contribution in [0.4, 0.5) is 11.4 Å². The summed E-state index contributed by atoms with van der Waals surface area (Å²) < 4.78 is 8.92. The molecule has 0 unspecified atom stereocenters. The molecule has 0 saturated carbocycles. The van der Waals surface area contributed by atoms with E-state index in [1.165, 1.54) is 0 Å². The van der Waals surface area contributed by atoms with Crippen LogP contribution >= 0.6 is 11.3 Å². The highest BCUT2D eigenvalue weighted by Gasteiger charge is 2.45. The van der Waals surface area contributed by atoms with E-state index >= 15 is 0 Å². The molecule has 1 aliphatic rings. The van der Waals surface area contributed by atoms with Crippen LogP contribution in [-0.2, 0) is 22.7 Å². The Bertz CT molecular complexity index is 1630. The van der Waals surface area contributed by atoms with Crippen molar-refractivity contribution in [3.8, 4) is 5.75 Å². The Hall–Kier alpha value is -4.02. The molecule has 2 amide bonds.